The predicted molar refractivity (Wildman–Crippen MR) is 59.7 cm³/mol. The average molecular weight is 203 g/mol. The van der Waals surface area contributed by atoms with E-state index in [4.69, 9.17) is 9.52 Å². The van der Waals surface area contributed by atoms with Gasteiger partial charge >= 0.3 is 0 Å². The summed E-state index contributed by atoms with van der Waals surface area (Å²) in [7, 11) is 0. The summed E-state index contributed by atoms with van der Waals surface area (Å²) in [5.74, 6) is 0.865. The minimum absolute atomic E-state index is 0.139. The molecule has 0 spiro atoms. The van der Waals surface area contributed by atoms with Crippen molar-refractivity contribution < 1.29 is 9.52 Å². The van der Waals surface area contributed by atoms with Crippen LogP contribution in [-0.4, -0.2) is 18.3 Å². The molecule has 3 nitrogen and oxygen atoms in total. The van der Waals surface area contributed by atoms with Gasteiger partial charge in [-0.25, -0.2) is 0 Å². The Labute approximate surface area is 88.4 Å². The van der Waals surface area contributed by atoms with Gasteiger partial charge in [0.1, 0.15) is 5.76 Å². The smallest absolute Gasteiger partial charge is 0.133 e. The lowest BCUT2D eigenvalue weighted by atomic mass is 10.1. The Kier molecular flexibility index (Phi) is 3.05. The molecule has 0 atom stereocenters. The maximum absolute atomic E-state index is 8.65. The molecule has 0 saturated heterocycles. The van der Waals surface area contributed by atoms with Crippen LogP contribution in [0.25, 0.3) is 11.3 Å². The second-order valence-electron chi connectivity index (χ2n) is 3.21. The van der Waals surface area contributed by atoms with Crippen molar-refractivity contribution >= 4 is 5.69 Å². The first-order valence-corrected chi connectivity index (χ1v) is 4.89. The Hall–Kier alpha value is -1.74. The number of furan rings is 1. The normalized spacial score (nSPS) is 10.2. The zero-order chi connectivity index (χ0) is 10.5. The number of hydrogen-bond donors (Lipinski definition) is 2. The molecule has 1 aromatic carbocycles. The zero-order valence-corrected chi connectivity index (χ0v) is 8.31. The van der Waals surface area contributed by atoms with Crippen molar-refractivity contribution in [3.8, 4) is 11.3 Å². The molecular formula is C12H13NO2. The molecule has 0 unspecified atom stereocenters. The zero-order valence-electron chi connectivity index (χ0n) is 8.31. The van der Waals surface area contributed by atoms with E-state index in [1.807, 2.05) is 36.4 Å². The molecule has 0 amide bonds. The standard InChI is InChI=1S/C12H13NO2/c14-8-7-13-11-5-3-10(4-6-11)12-2-1-9-15-12/h1-6,9,13-14H,7-8H2. The van der Waals surface area contributed by atoms with Gasteiger partial charge in [-0.3, -0.25) is 0 Å². The molecule has 78 valence electrons. The number of anilines is 1. The Morgan fingerprint density at radius 2 is 1.93 bits per heavy atom. The molecule has 0 bridgehead atoms. The van der Waals surface area contributed by atoms with Gasteiger partial charge in [0.05, 0.1) is 12.9 Å². The van der Waals surface area contributed by atoms with Gasteiger partial charge in [0.15, 0.2) is 0 Å². The molecule has 0 aliphatic rings. The first kappa shape index (κ1) is 9.80. The molecule has 2 N–H and O–H groups in total. The second-order valence-corrected chi connectivity index (χ2v) is 3.21. The van der Waals surface area contributed by atoms with Crippen molar-refractivity contribution in [1.29, 1.82) is 0 Å². The summed E-state index contributed by atoms with van der Waals surface area (Å²) in [5, 5.41) is 11.7. The van der Waals surface area contributed by atoms with Crippen molar-refractivity contribution in [3.63, 3.8) is 0 Å². The SMILES string of the molecule is OCCNc1ccc(-c2ccco2)cc1. The maximum atomic E-state index is 8.65. The monoisotopic (exact) mass is 203 g/mol. The Bertz CT molecular complexity index is 392. The van der Waals surface area contributed by atoms with Crippen molar-refractivity contribution in [3.05, 3.63) is 42.7 Å². The molecule has 2 rings (SSSR count). The van der Waals surface area contributed by atoms with Crippen LogP contribution in [-0.2, 0) is 0 Å². The fourth-order valence-corrected chi connectivity index (χ4v) is 1.40. The van der Waals surface area contributed by atoms with Crippen LogP contribution in [0, 0.1) is 0 Å². The number of aliphatic hydroxyl groups is 1. The molecule has 0 aliphatic heterocycles. The van der Waals surface area contributed by atoms with Crippen molar-refractivity contribution in [1.82, 2.24) is 0 Å². The van der Waals surface area contributed by atoms with Gasteiger partial charge in [0.25, 0.3) is 0 Å². The van der Waals surface area contributed by atoms with E-state index in [0.29, 0.717) is 6.54 Å². The van der Waals surface area contributed by atoms with E-state index >= 15 is 0 Å². The summed E-state index contributed by atoms with van der Waals surface area (Å²) >= 11 is 0. The highest BCUT2D eigenvalue weighted by Gasteiger charge is 1.99. The van der Waals surface area contributed by atoms with Gasteiger partial charge in [-0.1, -0.05) is 0 Å². The molecule has 3 heteroatoms. The van der Waals surface area contributed by atoms with Crippen LogP contribution < -0.4 is 5.32 Å². The number of nitrogens with one attached hydrogen (secondary N) is 1. The summed E-state index contributed by atoms with van der Waals surface area (Å²) in [4.78, 5) is 0. The maximum Gasteiger partial charge on any atom is 0.133 e. The highest BCUT2D eigenvalue weighted by Crippen LogP contribution is 2.21. The van der Waals surface area contributed by atoms with Crippen molar-refractivity contribution in [2.75, 3.05) is 18.5 Å². The first-order valence-electron chi connectivity index (χ1n) is 4.89. The van der Waals surface area contributed by atoms with Crippen LogP contribution in [0.1, 0.15) is 0 Å². The molecular weight excluding hydrogens is 190 g/mol. The van der Waals surface area contributed by atoms with Crippen LogP contribution >= 0.6 is 0 Å². The Morgan fingerprint density at radius 3 is 2.53 bits per heavy atom. The summed E-state index contributed by atoms with van der Waals surface area (Å²) in [6, 6.07) is 11.7. The lowest BCUT2D eigenvalue weighted by Crippen LogP contribution is -2.04. The van der Waals surface area contributed by atoms with E-state index in [-0.39, 0.29) is 6.61 Å². The molecule has 2 aromatic rings. The van der Waals surface area contributed by atoms with Gasteiger partial charge in [-0.05, 0) is 36.4 Å². The number of hydrogen-bond acceptors (Lipinski definition) is 3. The predicted octanol–water partition coefficient (Wildman–Crippen LogP) is 2.35. The summed E-state index contributed by atoms with van der Waals surface area (Å²) in [6.45, 7) is 0.708. The van der Waals surface area contributed by atoms with Crippen LogP contribution in [0.4, 0.5) is 5.69 Å². The Balaban J connectivity index is 2.11. The third-order valence-corrected chi connectivity index (χ3v) is 2.13. The minimum Gasteiger partial charge on any atom is -0.464 e. The van der Waals surface area contributed by atoms with E-state index in [2.05, 4.69) is 5.32 Å². The summed E-state index contributed by atoms with van der Waals surface area (Å²) in [6.07, 6.45) is 1.66. The van der Waals surface area contributed by atoms with Gasteiger partial charge < -0.3 is 14.8 Å². The number of rotatable bonds is 4. The van der Waals surface area contributed by atoms with Crippen LogP contribution in [0.2, 0.25) is 0 Å². The highest BCUT2D eigenvalue weighted by molar-refractivity contribution is 5.61. The molecule has 0 fully saturated rings. The van der Waals surface area contributed by atoms with Gasteiger partial charge in [0.2, 0.25) is 0 Å². The molecule has 0 aliphatic carbocycles. The quantitative estimate of drug-likeness (QED) is 0.801. The van der Waals surface area contributed by atoms with Gasteiger partial charge in [0, 0.05) is 17.8 Å². The van der Waals surface area contributed by atoms with Crippen LogP contribution in [0.5, 0.6) is 0 Å². The minimum atomic E-state index is 0.139. The van der Waals surface area contributed by atoms with Crippen LogP contribution in [0.15, 0.2) is 47.1 Å². The fourth-order valence-electron chi connectivity index (χ4n) is 1.40. The van der Waals surface area contributed by atoms with Crippen molar-refractivity contribution in [2.24, 2.45) is 0 Å². The third-order valence-electron chi connectivity index (χ3n) is 2.13. The van der Waals surface area contributed by atoms with E-state index in [1.54, 1.807) is 6.26 Å². The molecule has 0 saturated carbocycles. The second kappa shape index (κ2) is 4.66. The lowest BCUT2D eigenvalue weighted by molar-refractivity contribution is 0.311. The number of benzene rings is 1. The molecule has 1 heterocycles. The van der Waals surface area contributed by atoms with E-state index < -0.39 is 0 Å². The van der Waals surface area contributed by atoms with E-state index in [1.165, 1.54) is 0 Å². The topological polar surface area (TPSA) is 45.4 Å². The third kappa shape index (κ3) is 2.39. The molecule has 15 heavy (non-hydrogen) atoms. The molecule has 0 radical (unpaired) electrons. The molecule has 1 aromatic heterocycles. The fraction of sp³-hybridized carbons (Fsp3) is 0.167. The Morgan fingerprint density at radius 1 is 1.13 bits per heavy atom. The van der Waals surface area contributed by atoms with Gasteiger partial charge in [-0.15, -0.1) is 0 Å². The average Bonchev–Trinajstić information content (AvgIpc) is 2.80. The number of aliphatic hydroxyl groups excluding tert-OH is 1. The highest BCUT2D eigenvalue weighted by atomic mass is 16.3. The first-order chi connectivity index (χ1) is 7.40. The summed E-state index contributed by atoms with van der Waals surface area (Å²) in [5.41, 5.74) is 2.05. The van der Waals surface area contributed by atoms with Crippen LogP contribution in [0.3, 0.4) is 0 Å². The van der Waals surface area contributed by atoms with E-state index in [0.717, 1.165) is 17.0 Å². The van der Waals surface area contributed by atoms with E-state index in [9.17, 15) is 0 Å². The van der Waals surface area contributed by atoms with Gasteiger partial charge in [-0.2, -0.15) is 0 Å². The summed E-state index contributed by atoms with van der Waals surface area (Å²) < 4.78 is 5.28. The van der Waals surface area contributed by atoms with Crippen molar-refractivity contribution in [2.45, 2.75) is 0 Å². The largest absolute Gasteiger partial charge is 0.464 e. The lowest BCUT2D eigenvalue weighted by Gasteiger charge is -2.04.